The molecule has 6 heteroatoms. The Morgan fingerprint density at radius 2 is 1.74 bits per heavy atom. The van der Waals surface area contributed by atoms with Gasteiger partial charge in [-0.15, -0.1) is 0 Å². The molecule has 2 atom stereocenters. The van der Waals surface area contributed by atoms with E-state index in [-0.39, 0.29) is 13.0 Å². The first kappa shape index (κ1) is 16.8. The van der Waals surface area contributed by atoms with Crippen molar-refractivity contribution in [3.05, 3.63) is 76.2 Å². The predicted octanol–water partition coefficient (Wildman–Crippen LogP) is 3.36. The van der Waals surface area contributed by atoms with E-state index in [2.05, 4.69) is 10.0 Å². The molecule has 0 spiro atoms. The maximum Gasteiger partial charge on any atom is 0.119 e. The highest BCUT2D eigenvalue weighted by molar-refractivity contribution is 5.29. The van der Waals surface area contributed by atoms with Gasteiger partial charge in [0, 0.05) is 11.5 Å². The molecule has 0 heterocycles. The fraction of sp³-hybridized carbons (Fsp3) is 0.294. The van der Waals surface area contributed by atoms with Crippen LogP contribution in [0, 0.1) is 0 Å². The van der Waals surface area contributed by atoms with Gasteiger partial charge in [0.1, 0.15) is 18.5 Å². The van der Waals surface area contributed by atoms with E-state index in [9.17, 15) is 10.2 Å². The standard InChI is InChI=1S/C17H19N3O3/c18-20-19-11-10-16(21)17(22)14-6-8-15(9-7-14)23-12-13-4-2-1-3-5-13/h1-9,16-17,21-22H,10-12H2. The van der Waals surface area contributed by atoms with Crippen molar-refractivity contribution in [1.82, 2.24) is 0 Å². The maximum atomic E-state index is 10.1. The van der Waals surface area contributed by atoms with E-state index in [4.69, 9.17) is 10.3 Å². The maximum absolute atomic E-state index is 10.1. The molecular formula is C17H19N3O3. The van der Waals surface area contributed by atoms with Crippen molar-refractivity contribution in [2.45, 2.75) is 25.2 Å². The fourth-order valence-electron chi connectivity index (χ4n) is 2.12. The molecule has 2 N–H and O–H groups in total. The second-order valence-corrected chi connectivity index (χ2v) is 5.10. The summed E-state index contributed by atoms with van der Waals surface area (Å²) in [6.45, 7) is 0.616. The molecule has 0 aliphatic carbocycles. The Hall–Kier alpha value is -2.53. The Bertz CT molecular complexity index is 640. The lowest BCUT2D eigenvalue weighted by Gasteiger charge is -2.17. The molecule has 2 aromatic rings. The molecular weight excluding hydrogens is 294 g/mol. The predicted molar refractivity (Wildman–Crippen MR) is 86.8 cm³/mol. The van der Waals surface area contributed by atoms with Gasteiger partial charge < -0.3 is 14.9 Å². The van der Waals surface area contributed by atoms with Crippen LogP contribution in [0.5, 0.6) is 5.75 Å². The Labute approximate surface area is 134 Å². The Morgan fingerprint density at radius 1 is 1.04 bits per heavy atom. The lowest BCUT2D eigenvalue weighted by atomic mass is 10.0. The summed E-state index contributed by atoms with van der Waals surface area (Å²) in [6, 6.07) is 16.8. The highest BCUT2D eigenvalue weighted by atomic mass is 16.5. The van der Waals surface area contributed by atoms with E-state index < -0.39 is 12.2 Å². The molecule has 23 heavy (non-hydrogen) atoms. The number of benzene rings is 2. The van der Waals surface area contributed by atoms with Crippen LogP contribution in [-0.2, 0) is 6.61 Å². The zero-order valence-electron chi connectivity index (χ0n) is 12.6. The van der Waals surface area contributed by atoms with E-state index in [1.165, 1.54) is 0 Å². The van der Waals surface area contributed by atoms with Gasteiger partial charge >= 0.3 is 0 Å². The van der Waals surface area contributed by atoms with Crippen molar-refractivity contribution in [1.29, 1.82) is 0 Å². The first-order valence-corrected chi connectivity index (χ1v) is 7.34. The number of nitrogens with zero attached hydrogens (tertiary/aromatic N) is 3. The molecule has 0 aliphatic rings. The van der Waals surface area contributed by atoms with Crippen molar-refractivity contribution in [3.63, 3.8) is 0 Å². The fourth-order valence-corrected chi connectivity index (χ4v) is 2.12. The normalized spacial score (nSPS) is 13.0. The minimum absolute atomic E-state index is 0.146. The van der Waals surface area contributed by atoms with Crippen molar-refractivity contribution in [2.24, 2.45) is 5.11 Å². The third-order valence-corrected chi connectivity index (χ3v) is 3.42. The van der Waals surface area contributed by atoms with Crippen LogP contribution in [0.15, 0.2) is 59.7 Å². The number of hydrogen-bond acceptors (Lipinski definition) is 4. The van der Waals surface area contributed by atoms with Crippen LogP contribution in [0.3, 0.4) is 0 Å². The van der Waals surface area contributed by atoms with Gasteiger partial charge in [0.15, 0.2) is 0 Å². The zero-order chi connectivity index (χ0) is 16.5. The molecule has 120 valence electrons. The van der Waals surface area contributed by atoms with Crippen molar-refractivity contribution in [3.8, 4) is 5.75 Å². The van der Waals surface area contributed by atoms with Crippen LogP contribution < -0.4 is 4.74 Å². The number of aliphatic hydroxyl groups is 2. The third kappa shape index (κ3) is 5.30. The highest BCUT2D eigenvalue weighted by Gasteiger charge is 2.17. The second kappa shape index (κ2) is 8.80. The van der Waals surface area contributed by atoms with Crippen LogP contribution in [-0.4, -0.2) is 22.9 Å². The molecule has 0 amide bonds. The first-order chi connectivity index (χ1) is 11.2. The Kier molecular flexibility index (Phi) is 6.44. The molecule has 0 bridgehead atoms. The van der Waals surface area contributed by atoms with Gasteiger partial charge in [-0.05, 0) is 35.2 Å². The lowest BCUT2D eigenvalue weighted by Crippen LogP contribution is -2.19. The minimum atomic E-state index is -1.02. The summed E-state index contributed by atoms with van der Waals surface area (Å²) < 4.78 is 5.67. The average molecular weight is 313 g/mol. The third-order valence-electron chi connectivity index (χ3n) is 3.42. The second-order valence-electron chi connectivity index (χ2n) is 5.10. The molecule has 2 aromatic carbocycles. The van der Waals surface area contributed by atoms with Crippen molar-refractivity contribution in [2.75, 3.05) is 6.54 Å². The first-order valence-electron chi connectivity index (χ1n) is 7.34. The summed E-state index contributed by atoms with van der Waals surface area (Å²) >= 11 is 0. The van der Waals surface area contributed by atoms with E-state index in [1.54, 1.807) is 24.3 Å². The van der Waals surface area contributed by atoms with Gasteiger partial charge in [-0.2, -0.15) is 0 Å². The van der Waals surface area contributed by atoms with Crippen LogP contribution in [0.1, 0.15) is 23.7 Å². The summed E-state index contributed by atoms with van der Waals surface area (Å²) in [5, 5.41) is 23.3. The average Bonchev–Trinajstić information content (AvgIpc) is 2.61. The molecule has 0 saturated carbocycles. The van der Waals surface area contributed by atoms with Gasteiger partial charge in [-0.25, -0.2) is 0 Å². The van der Waals surface area contributed by atoms with Gasteiger partial charge in [0.2, 0.25) is 0 Å². The molecule has 0 radical (unpaired) electrons. The van der Waals surface area contributed by atoms with E-state index in [0.717, 1.165) is 5.56 Å². The van der Waals surface area contributed by atoms with Gasteiger partial charge in [0.25, 0.3) is 0 Å². The van der Waals surface area contributed by atoms with E-state index in [0.29, 0.717) is 17.9 Å². The van der Waals surface area contributed by atoms with Crippen LogP contribution in [0.4, 0.5) is 0 Å². The summed E-state index contributed by atoms with van der Waals surface area (Å²) in [5.41, 5.74) is 9.86. The molecule has 6 nitrogen and oxygen atoms in total. The number of rotatable bonds is 8. The van der Waals surface area contributed by atoms with Crippen LogP contribution in [0.2, 0.25) is 0 Å². The molecule has 0 aliphatic heterocycles. The van der Waals surface area contributed by atoms with Crippen LogP contribution >= 0.6 is 0 Å². The smallest absolute Gasteiger partial charge is 0.119 e. The summed E-state index contributed by atoms with van der Waals surface area (Å²) in [5.74, 6) is 0.688. The number of hydrogen-bond donors (Lipinski definition) is 2. The zero-order valence-corrected chi connectivity index (χ0v) is 12.6. The minimum Gasteiger partial charge on any atom is -0.489 e. The van der Waals surface area contributed by atoms with Crippen molar-refractivity contribution >= 4 is 0 Å². The molecule has 0 saturated heterocycles. The molecule has 0 aromatic heterocycles. The molecule has 0 fully saturated rings. The monoisotopic (exact) mass is 313 g/mol. The summed E-state index contributed by atoms with van der Waals surface area (Å²) in [6.07, 6.45) is -1.79. The number of ether oxygens (including phenoxy) is 1. The van der Waals surface area contributed by atoms with Gasteiger partial charge in [0.05, 0.1) is 6.10 Å². The number of azide groups is 1. The topological polar surface area (TPSA) is 98.5 Å². The Morgan fingerprint density at radius 3 is 2.39 bits per heavy atom. The van der Waals surface area contributed by atoms with Crippen LogP contribution in [0.25, 0.3) is 10.4 Å². The SMILES string of the molecule is [N-]=[N+]=NCCC(O)C(O)c1ccc(OCc2ccccc2)cc1. The van der Waals surface area contributed by atoms with Gasteiger partial charge in [-0.1, -0.05) is 47.6 Å². The van der Waals surface area contributed by atoms with E-state index in [1.807, 2.05) is 30.3 Å². The number of aliphatic hydroxyl groups excluding tert-OH is 2. The van der Waals surface area contributed by atoms with Gasteiger partial charge in [-0.3, -0.25) is 0 Å². The largest absolute Gasteiger partial charge is 0.489 e. The molecule has 2 unspecified atom stereocenters. The summed E-state index contributed by atoms with van der Waals surface area (Å²) in [4.78, 5) is 2.61. The highest BCUT2D eigenvalue weighted by Crippen LogP contribution is 2.22. The van der Waals surface area contributed by atoms with Crippen molar-refractivity contribution < 1.29 is 14.9 Å². The quantitative estimate of drug-likeness (QED) is 0.444. The lowest BCUT2D eigenvalue weighted by molar-refractivity contribution is 0.0150. The van der Waals surface area contributed by atoms with E-state index >= 15 is 0 Å². The molecule has 2 rings (SSSR count). The Balaban J connectivity index is 1.89. The summed E-state index contributed by atoms with van der Waals surface area (Å²) in [7, 11) is 0.